The molecule has 0 radical (unpaired) electrons. The number of piperidine rings is 1. The van der Waals surface area contributed by atoms with Crippen LogP contribution in [0.15, 0.2) is 0 Å². The van der Waals surface area contributed by atoms with E-state index in [0.717, 1.165) is 32.5 Å². The van der Waals surface area contributed by atoms with E-state index in [1.165, 1.54) is 0 Å². The van der Waals surface area contributed by atoms with Crippen LogP contribution in [-0.4, -0.2) is 41.1 Å². The summed E-state index contributed by atoms with van der Waals surface area (Å²) >= 11 is -1.03. The molecule has 106 valence electrons. The van der Waals surface area contributed by atoms with Crippen molar-refractivity contribution in [3.63, 3.8) is 0 Å². The highest BCUT2D eigenvalue weighted by atomic mass is 32.2. The SMILES string of the molecule is C[C@@H]1OCC2(CCNCC2)C1N[S@+]([O-])C(C)(C)C. The molecule has 18 heavy (non-hydrogen) atoms. The van der Waals surface area contributed by atoms with Crippen molar-refractivity contribution in [3.05, 3.63) is 0 Å². The Morgan fingerprint density at radius 3 is 2.50 bits per heavy atom. The van der Waals surface area contributed by atoms with E-state index >= 15 is 0 Å². The lowest BCUT2D eigenvalue weighted by Crippen LogP contribution is -2.56. The third-order valence-corrected chi connectivity index (χ3v) is 5.73. The summed E-state index contributed by atoms with van der Waals surface area (Å²) in [5.41, 5.74) is 0.172. The van der Waals surface area contributed by atoms with Crippen LogP contribution in [0, 0.1) is 5.41 Å². The summed E-state index contributed by atoms with van der Waals surface area (Å²) in [4.78, 5) is 0. The molecule has 2 fully saturated rings. The number of hydrogen-bond donors (Lipinski definition) is 2. The number of nitrogens with one attached hydrogen (secondary N) is 2. The van der Waals surface area contributed by atoms with E-state index in [0.29, 0.717) is 0 Å². The quantitative estimate of drug-likeness (QED) is 0.743. The first-order valence-electron chi connectivity index (χ1n) is 6.86. The van der Waals surface area contributed by atoms with Gasteiger partial charge < -0.3 is 14.6 Å². The molecule has 4 nitrogen and oxygen atoms in total. The van der Waals surface area contributed by atoms with Gasteiger partial charge in [0.25, 0.3) is 0 Å². The van der Waals surface area contributed by atoms with Crippen LogP contribution in [0.1, 0.15) is 40.5 Å². The molecule has 0 aromatic rings. The Balaban J connectivity index is 2.08. The third kappa shape index (κ3) is 2.85. The molecule has 0 aromatic heterocycles. The van der Waals surface area contributed by atoms with Gasteiger partial charge in [0.2, 0.25) is 0 Å². The van der Waals surface area contributed by atoms with Crippen molar-refractivity contribution >= 4 is 11.4 Å². The van der Waals surface area contributed by atoms with Gasteiger partial charge in [-0.05, 0) is 53.6 Å². The highest BCUT2D eigenvalue weighted by Crippen LogP contribution is 2.41. The topological polar surface area (TPSA) is 56.3 Å². The molecule has 0 saturated carbocycles. The van der Waals surface area contributed by atoms with Crippen molar-refractivity contribution in [2.75, 3.05) is 19.7 Å². The Morgan fingerprint density at radius 1 is 1.33 bits per heavy atom. The Bertz CT molecular complexity index is 282. The second-order valence-corrected chi connectivity index (χ2v) is 8.60. The van der Waals surface area contributed by atoms with E-state index in [1.54, 1.807) is 0 Å². The molecule has 2 aliphatic rings. The summed E-state index contributed by atoms with van der Waals surface area (Å²) in [5.74, 6) is 0. The zero-order valence-electron chi connectivity index (χ0n) is 11.9. The van der Waals surface area contributed by atoms with Crippen LogP contribution >= 0.6 is 0 Å². The van der Waals surface area contributed by atoms with Gasteiger partial charge in [0, 0.05) is 16.8 Å². The highest BCUT2D eigenvalue weighted by molar-refractivity contribution is 7.90. The molecule has 2 rings (SSSR count). The molecule has 1 spiro atoms. The van der Waals surface area contributed by atoms with Crippen molar-refractivity contribution < 1.29 is 9.29 Å². The minimum atomic E-state index is -1.03. The van der Waals surface area contributed by atoms with Crippen LogP contribution in [0.3, 0.4) is 0 Å². The zero-order chi connectivity index (χ0) is 13.4. The first-order valence-corrected chi connectivity index (χ1v) is 8.00. The van der Waals surface area contributed by atoms with E-state index in [1.807, 2.05) is 20.8 Å². The molecule has 2 saturated heterocycles. The lowest BCUT2D eigenvalue weighted by Gasteiger charge is -2.39. The molecular formula is C13H26N2O2S. The molecule has 0 aliphatic carbocycles. The van der Waals surface area contributed by atoms with Crippen molar-refractivity contribution in [1.82, 2.24) is 10.0 Å². The van der Waals surface area contributed by atoms with Crippen LogP contribution in [0.25, 0.3) is 0 Å². The van der Waals surface area contributed by atoms with E-state index in [4.69, 9.17) is 4.74 Å². The fourth-order valence-electron chi connectivity index (χ4n) is 2.87. The van der Waals surface area contributed by atoms with Crippen molar-refractivity contribution in [1.29, 1.82) is 0 Å². The van der Waals surface area contributed by atoms with Gasteiger partial charge in [-0.25, -0.2) is 0 Å². The maximum atomic E-state index is 12.3. The summed E-state index contributed by atoms with van der Waals surface area (Å²) in [6.45, 7) is 11.0. The van der Waals surface area contributed by atoms with Gasteiger partial charge in [0.1, 0.15) is 4.75 Å². The Morgan fingerprint density at radius 2 is 1.94 bits per heavy atom. The number of hydrogen-bond acceptors (Lipinski definition) is 4. The second kappa shape index (κ2) is 5.29. The Kier molecular flexibility index (Phi) is 4.29. The van der Waals surface area contributed by atoms with Crippen LogP contribution < -0.4 is 10.0 Å². The zero-order valence-corrected chi connectivity index (χ0v) is 12.7. The molecule has 1 unspecified atom stereocenters. The average Bonchev–Trinajstić information content (AvgIpc) is 2.58. The van der Waals surface area contributed by atoms with Gasteiger partial charge in [0.05, 0.1) is 18.8 Å². The smallest absolute Gasteiger partial charge is 0.136 e. The maximum absolute atomic E-state index is 12.3. The van der Waals surface area contributed by atoms with Crippen molar-refractivity contribution in [2.45, 2.75) is 57.4 Å². The first kappa shape index (κ1) is 14.6. The molecular weight excluding hydrogens is 248 g/mol. The molecule has 2 heterocycles. The summed E-state index contributed by atoms with van der Waals surface area (Å²) in [5, 5.41) is 3.40. The van der Waals surface area contributed by atoms with Crippen LogP contribution in [0.2, 0.25) is 0 Å². The molecule has 5 heteroatoms. The Labute approximate surface area is 114 Å². The summed E-state index contributed by atoms with van der Waals surface area (Å²) in [6.07, 6.45) is 2.36. The third-order valence-electron chi connectivity index (χ3n) is 4.15. The standard InChI is InChI=1S/C13H26N2O2S/c1-10-11(15-18(16)12(2,3)4)13(9-17-10)5-7-14-8-6-13/h10-11,14-15H,5-9H2,1-4H3/t10-,11?,18+/m0/s1. The molecule has 0 bridgehead atoms. The molecule has 0 amide bonds. The second-order valence-electron chi connectivity index (χ2n) is 6.61. The average molecular weight is 274 g/mol. The fourth-order valence-corrected chi connectivity index (χ4v) is 3.90. The number of ether oxygens (including phenoxy) is 1. The van der Waals surface area contributed by atoms with Gasteiger partial charge in [-0.15, -0.1) is 4.72 Å². The van der Waals surface area contributed by atoms with E-state index in [2.05, 4.69) is 17.0 Å². The molecule has 2 N–H and O–H groups in total. The van der Waals surface area contributed by atoms with Crippen LogP contribution in [0.5, 0.6) is 0 Å². The van der Waals surface area contributed by atoms with Gasteiger partial charge in [0.15, 0.2) is 0 Å². The maximum Gasteiger partial charge on any atom is 0.136 e. The molecule has 3 atom stereocenters. The van der Waals surface area contributed by atoms with Gasteiger partial charge in [-0.1, -0.05) is 0 Å². The molecule has 2 aliphatic heterocycles. The summed E-state index contributed by atoms with van der Waals surface area (Å²) in [7, 11) is 0. The highest BCUT2D eigenvalue weighted by Gasteiger charge is 2.51. The van der Waals surface area contributed by atoms with E-state index in [9.17, 15) is 4.55 Å². The van der Waals surface area contributed by atoms with Gasteiger partial charge >= 0.3 is 0 Å². The number of rotatable bonds is 2. The fraction of sp³-hybridized carbons (Fsp3) is 1.00. The first-order chi connectivity index (χ1) is 8.35. The lowest BCUT2D eigenvalue weighted by molar-refractivity contribution is 0.0951. The van der Waals surface area contributed by atoms with Gasteiger partial charge in [-0.2, -0.15) is 0 Å². The minimum absolute atomic E-state index is 0.148. The monoisotopic (exact) mass is 274 g/mol. The van der Waals surface area contributed by atoms with E-state index in [-0.39, 0.29) is 22.3 Å². The summed E-state index contributed by atoms with van der Waals surface area (Å²) in [6, 6.07) is 0.208. The Hall–Kier alpha value is 0.190. The van der Waals surface area contributed by atoms with Crippen LogP contribution in [-0.2, 0) is 16.1 Å². The minimum Gasteiger partial charge on any atom is -0.598 e. The van der Waals surface area contributed by atoms with Crippen LogP contribution in [0.4, 0.5) is 0 Å². The van der Waals surface area contributed by atoms with E-state index < -0.39 is 11.4 Å². The van der Waals surface area contributed by atoms with Crippen molar-refractivity contribution in [3.8, 4) is 0 Å². The van der Waals surface area contributed by atoms with Crippen molar-refractivity contribution in [2.24, 2.45) is 5.41 Å². The lowest BCUT2D eigenvalue weighted by atomic mass is 9.74. The summed E-state index contributed by atoms with van der Waals surface area (Å²) < 4.78 is 21.3. The molecule has 0 aromatic carbocycles. The largest absolute Gasteiger partial charge is 0.598 e. The van der Waals surface area contributed by atoms with Gasteiger partial charge in [-0.3, -0.25) is 0 Å². The predicted molar refractivity (Wildman–Crippen MR) is 74.8 cm³/mol. The normalized spacial score (nSPS) is 33.8. The predicted octanol–water partition coefficient (Wildman–Crippen LogP) is 1.20.